The van der Waals surface area contributed by atoms with Gasteiger partial charge in [-0.1, -0.05) is 6.07 Å². The second-order valence-electron chi connectivity index (χ2n) is 5.64. The van der Waals surface area contributed by atoms with Crippen LogP contribution in [0, 0.1) is 6.92 Å². The first-order valence-electron chi connectivity index (χ1n) is 7.94. The van der Waals surface area contributed by atoms with E-state index in [4.69, 9.17) is 9.15 Å². The Morgan fingerprint density at radius 1 is 1.27 bits per heavy atom. The summed E-state index contributed by atoms with van der Waals surface area (Å²) in [6.45, 7) is 3.75. The molecule has 0 aliphatic heterocycles. The molecule has 2 N–H and O–H groups in total. The molecule has 2 amide bonds. The maximum Gasteiger partial charge on any atom is 0.277 e. The number of nitrogens with one attached hydrogen (secondary N) is 2. The summed E-state index contributed by atoms with van der Waals surface area (Å²) in [4.78, 5) is 23.6. The van der Waals surface area contributed by atoms with Gasteiger partial charge in [0.2, 0.25) is 5.91 Å². The fourth-order valence-electron chi connectivity index (χ4n) is 1.99. The second-order valence-corrected chi connectivity index (χ2v) is 6.49. The van der Waals surface area contributed by atoms with Gasteiger partial charge >= 0.3 is 0 Å². The summed E-state index contributed by atoms with van der Waals surface area (Å²) in [5.41, 5.74) is 3.93. The van der Waals surface area contributed by atoms with E-state index >= 15 is 0 Å². The smallest absolute Gasteiger partial charge is 0.277 e. The lowest BCUT2D eigenvalue weighted by molar-refractivity contribution is -0.123. The van der Waals surface area contributed by atoms with Crippen molar-refractivity contribution in [2.75, 3.05) is 6.61 Å². The Bertz CT molecular complexity index is 788. The fraction of sp³-hybridized carbons (Fsp3) is 0.278. The van der Waals surface area contributed by atoms with Crippen molar-refractivity contribution >= 4 is 33.5 Å². The van der Waals surface area contributed by atoms with Crippen LogP contribution in [-0.2, 0) is 16.1 Å². The van der Waals surface area contributed by atoms with Gasteiger partial charge in [-0.3, -0.25) is 9.59 Å². The van der Waals surface area contributed by atoms with Crippen molar-refractivity contribution < 1.29 is 18.7 Å². The molecule has 0 atom stereocenters. The summed E-state index contributed by atoms with van der Waals surface area (Å²) in [6, 6.07) is 9.10. The zero-order valence-electron chi connectivity index (χ0n) is 14.5. The van der Waals surface area contributed by atoms with Crippen LogP contribution in [0.3, 0.4) is 0 Å². The molecule has 0 saturated carbocycles. The SMILES string of the molecule is C/C(CC(=O)NCc1ccco1)=N/NC(=O)COc1ccc(C)cc1Br. The second kappa shape index (κ2) is 9.76. The van der Waals surface area contributed by atoms with Crippen molar-refractivity contribution in [2.24, 2.45) is 5.10 Å². The number of furan rings is 1. The first kappa shape index (κ1) is 19.7. The number of nitrogens with zero attached hydrogens (tertiary/aromatic N) is 1. The average molecular weight is 422 g/mol. The molecular formula is C18H20BrN3O4. The number of carbonyl (C=O) groups excluding carboxylic acids is 2. The van der Waals surface area contributed by atoms with E-state index in [1.165, 1.54) is 0 Å². The van der Waals surface area contributed by atoms with Gasteiger partial charge in [0.25, 0.3) is 5.91 Å². The summed E-state index contributed by atoms with van der Waals surface area (Å²) in [6.07, 6.45) is 1.62. The molecule has 0 radical (unpaired) electrons. The zero-order valence-corrected chi connectivity index (χ0v) is 16.1. The van der Waals surface area contributed by atoms with Gasteiger partial charge in [-0.05, 0) is 59.6 Å². The van der Waals surface area contributed by atoms with E-state index in [9.17, 15) is 9.59 Å². The van der Waals surface area contributed by atoms with Crippen LogP contribution < -0.4 is 15.5 Å². The molecule has 0 fully saturated rings. The summed E-state index contributed by atoms with van der Waals surface area (Å²) in [5.74, 6) is 0.619. The van der Waals surface area contributed by atoms with E-state index in [1.54, 1.807) is 31.4 Å². The minimum absolute atomic E-state index is 0.0748. The maximum atomic E-state index is 11.8. The van der Waals surface area contributed by atoms with E-state index in [2.05, 4.69) is 31.8 Å². The van der Waals surface area contributed by atoms with E-state index in [-0.39, 0.29) is 18.9 Å². The Morgan fingerprint density at radius 3 is 2.77 bits per heavy atom. The summed E-state index contributed by atoms with van der Waals surface area (Å²) in [7, 11) is 0. The van der Waals surface area contributed by atoms with Gasteiger partial charge in [0.1, 0.15) is 11.5 Å². The third-order valence-corrected chi connectivity index (χ3v) is 3.89. The molecule has 138 valence electrons. The lowest BCUT2D eigenvalue weighted by atomic mass is 10.2. The molecule has 0 saturated heterocycles. The van der Waals surface area contributed by atoms with Gasteiger partial charge < -0.3 is 14.5 Å². The molecule has 1 aromatic heterocycles. The zero-order chi connectivity index (χ0) is 18.9. The lowest BCUT2D eigenvalue weighted by Gasteiger charge is -2.08. The van der Waals surface area contributed by atoms with Gasteiger partial charge in [-0.2, -0.15) is 5.10 Å². The van der Waals surface area contributed by atoms with Crippen molar-refractivity contribution in [1.29, 1.82) is 0 Å². The van der Waals surface area contributed by atoms with Gasteiger partial charge in [-0.25, -0.2) is 5.43 Å². The van der Waals surface area contributed by atoms with E-state index < -0.39 is 5.91 Å². The quantitative estimate of drug-likeness (QED) is 0.506. The molecule has 7 nitrogen and oxygen atoms in total. The first-order chi connectivity index (χ1) is 12.4. The fourth-order valence-corrected chi connectivity index (χ4v) is 2.60. The maximum absolute atomic E-state index is 11.8. The number of carbonyl (C=O) groups is 2. The largest absolute Gasteiger partial charge is 0.483 e. The Kier molecular flexibility index (Phi) is 7.40. The number of aryl methyl sites for hydroxylation is 1. The Morgan fingerprint density at radius 2 is 2.08 bits per heavy atom. The Labute approximate surface area is 159 Å². The number of amides is 2. The highest BCUT2D eigenvalue weighted by molar-refractivity contribution is 9.10. The van der Waals surface area contributed by atoms with Gasteiger partial charge in [0.15, 0.2) is 6.61 Å². The summed E-state index contributed by atoms with van der Waals surface area (Å²) in [5, 5.41) is 6.60. The van der Waals surface area contributed by atoms with Gasteiger partial charge in [-0.15, -0.1) is 0 Å². The van der Waals surface area contributed by atoms with E-state index in [0.29, 0.717) is 23.8 Å². The standard InChI is InChI=1S/C18H20BrN3O4/c1-12-5-6-16(15(19)8-12)26-11-18(24)22-21-13(2)9-17(23)20-10-14-4-3-7-25-14/h3-8H,9-11H2,1-2H3,(H,20,23)(H,22,24)/b21-13-. The highest BCUT2D eigenvalue weighted by Crippen LogP contribution is 2.25. The minimum atomic E-state index is -0.409. The molecule has 8 heteroatoms. The molecule has 1 heterocycles. The minimum Gasteiger partial charge on any atom is -0.483 e. The Hall–Kier alpha value is -2.61. The molecule has 0 unspecified atom stereocenters. The first-order valence-corrected chi connectivity index (χ1v) is 8.73. The van der Waals surface area contributed by atoms with Crippen molar-refractivity contribution in [3.8, 4) is 5.75 Å². The van der Waals surface area contributed by atoms with Crippen molar-refractivity contribution in [2.45, 2.75) is 26.8 Å². The Balaban J connectivity index is 1.71. The predicted molar refractivity (Wildman–Crippen MR) is 101 cm³/mol. The number of halogens is 1. The monoisotopic (exact) mass is 421 g/mol. The van der Waals surface area contributed by atoms with Crippen LogP contribution in [0.4, 0.5) is 0 Å². The van der Waals surface area contributed by atoms with Crippen LogP contribution in [-0.4, -0.2) is 24.1 Å². The van der Waals surface area contributed by atoms with Gasteiger partial charge in [0, 0.05) is 5.71 Å². The molecule has 0 bridgehead atoms. The molecule has 0 spiro atoms. The molecule has 0 aliphatic carbocycles. The van der Waals surface area contributed by atoms with Crippen molar-refractivity contribution in [3.63, 3.8) is 0 Å². The molecular weight excluding hydrogens is 402 g/mol. The number of hydrogen-bond donors (Lipinski definition) is 2. The highest BCUT2D eigenvalue weighted by Gasteiger charge is 2.07. The van der Waals surface area contributed by atoms with Crippen molar-refractivity contribution in [1.82, 2.24) is 10.7 Å². The van der Waals surface area contributed by atoms with E-state index in [1.807, 2.05) is 19.1 Å². The third kappa shape index (κ3) is 6.72. The van der Waals surface area contributed by atoms with Crippen LogP contribution in [0.1, 0.15) is 24.7 Å². The van der Waals surface area contributed by atoms with Crippen LogP contribution in [0.2, 0.25) is 0 Å². The number of benzene rings is 1. The molecule has 0 aliphatic rings. The van der Waals surface area contributed by atoms with Crippen LogP contribution in [0.25, 0.3) is 0 Å². The lowest BCUT2D eigenvalue weighted by Crippen LogP contribution is -2.28. The molecule has 26 heavy (non-hydrogen) atoms. The number of hydrazone groups is 1. The molecule has 2 aromatic rings. The average Bonchev–Trinajstić information content (AvgIpc) is 3.11. The summed E-state index contributed by atoms with van der Waals surface area (Å²) >= 11 is 3.38. The van der Waals surface area contributed by atoms with Crippen LogP contribution in [0.15, 0.2) is 50.6 Å². The highest BCUT2D eigenvalue weighted by atomic mass is 79.9. The third-order valence-electron chi connectivity index (χ3n) is 3.27. The number of rotatable bonds is 8. The predicted octanol–water partition coefficient (Wildman–Crippen LogP) is 2.93. The topological polar surface area (TPSA) is 92.9 Å². The normalized spacial score (nSPS) is 11.1. The van der Waals surface area contributed by atoms with Gasteiger partial charge in [0.05, 0.1) is 23.7 Å². The number of hydrogen-bond acceptors (Lipinski definition) is 5. The summed E-state index contributed by atoms with van der Waals surface area (Å²) < 4.78 is 11.3. The van der Waals surface area contributed by atoms with Crippen LogP contribution in [0.5, 0.6) is 5.75 Å². The molecule has 1 aromatic carbocycles. The van der Waals surface area contributed by atoms with Crippen LogP contribution >= 0.6 is 15.9 Å². The van der Waals surface area contributed by atoms with E-state index in [0.717, 1.165) is 10.0 Å². The molecule has 2 rings (SSSR count). The number of ether oxygens (including phenoxy) is 1. The van der Waals surface area contributed by atoms with Crippen molar-refractivity contribution in [3.05, 3.63) is 52.4 Å².